The summed E-state index contributed by atoms with van der Waals surface area (Å²) in [7, 11) is 0. The van der Waals surface area contributed by atoms with Crippen LogP contribution in [0, 0.1) is 0 Å². The van der Waals surface area contributed by atoms with Gasteiger partial charge in [-0.2, -0.15) is 0 Å². The minimum Gasteiger partial charge on any atom is -0.477 e. The van der Waals surface area contributed by atoms with Crippen LogP contribution in [0.25, 0.3) is 32.7 Å². The van der Waals surface area contributed by atoms with Crippen molar-refractivity contribution in [2.45, 2.75) is 0 Å². The van der Waals surface area contributed by atoms with Crippen LogP contribution in [0.1, 0.15) is 31.5 Å². The maximum Gasteiger partial charge on any atom is 0.352 e. The maximum absolute atomic E-state index is 10.5. The Labute approximate surface area is 220 Å². The topological polar surface area (TPSA) is 159 Å². The number of fused-ring (bicyclic) bond motifs is 3. The molecule has 0 saturated heterocycles. The molecule has 0 aliphatic rings. The Morgan fingerprint density at radius 2 is 0.703 bits per heavy atom. The van der Waals surface area contributed by atoms with Gasteiger partial charge in [-0.15, -0.1) is 0 Å². The molecule has 0 saturated carbocycles. The molecular weight excluding hydrogens is 518 g/mol. The van der Waals surface area contributed by atoms with Crippen LogP contribution < -0.4 is 0 Å². The minimum absolute atomic E-state index is 0. The van der Waals surface area contributed by atoms with Crippen LogP contribution >= 0.6 is 0 Å². The summed E-state index contributed by atoms with van der Waals surface area (Å²) >= 11 is 0. The van der Waals surface area contributed by atoms with Gasteiger partial charge in [-0.1, -0.05) is 54.6 Å². The van der Waals surface area contributed by atoms with Crippen LogP contribution in [0.4, 0.5) is 0 Å². The third kappa shape index (κ3) is 6.46. The molecule has 0 amide bonds. The van der Waals surface area contributed by atoms with Crippen molar-refractivity contribution >= 4 is 50.6 Å². The molecule has 37 heavy (non-hydrogen) atoms. The van der Waals surface area contributed by atoms with E-state index in [1.54, 1.807) is 18.2 Å². The van der Waals surface area contributed by atoms with E-state index < -0.39 is 17.9 Å². The zero-order valence-corrected chi connectivity index (χ0v) is 20.2. The fourth-order valence-electron chi connectivity index (χ4n) is 3.57. The fourth-order valence-corrected chi connectivity index (χ4v) is 3.57. The monoisotopic (exact) mass is 539 g/mol. The van der Waals surface area contributed by atoms with E-state index in [1.165, 1.54) is 0 Å². The smallest absolute Gasteiger partial charge is 0.352 e. The summed E-state index contributed by atoms with van der Waals surface area (Å²) in [5.41, 5.74) is 3.27. The summed E-state index contributed by atoms with van der Waals surface area (Å²) in [5, 5.41) is 28.7. The number of para-hydroxylation sites is 3. The van der Waals surface area contributed by atoms with Gasteiger partial charge in [0.2, 0.25) is 0 Å². The molecule has 3 aromatic carbocycles. The van der Waals surface area contributed by atoms with Crippen LogP contribution in [0.15, 0.2) is 91.0 Å². The van der Waals surface area contributed by atoms with Gasteiger partial charge < -0.3 is 30.3 Å². The van der Waals surface area contributed by atoms with Crippen molar-refractivity contribution in [3.8, 4) is 0 Å². The number of rotatable bonds is 3. The number of H-pyrrole nitrogens is 3. The van der Waals surface area contributed by atoms with Gasteiger partial charge in [0.1, 0.15) is 17.1 Å². The first kappa shape index (κ1) is 26.8. The van der Waals surface area contributed by atoms with Gasteiger partial charge in [0.15, 0.2) is 0 Å². The standard InChI is InChI=1S/3C9H7NO2.Fe/c3*11-9(12)8-5-6-3-1-2-4-7(6)10-8;/h3*1-5,10H,(H,11,12);. The zero-order chi connectivity index (χ0) is 25.7. The van der Waals surface area contributed by atoms with Crippen molar-refractivity contribution in [1.29, 1.82) is 0 Å². The SMILES string of the molecule is O=C(O)c1cc2ccccc2[nH]1.O=C(O)c1cc2ccccc2[nH]1.O=C(O)c1cc2ccccc2[nH]1.[Fe]. The zero-order valence-electron chi connectivity index (χ0n) is 19.1. The van der Waals surface area contributed by atoms with Crippen molar-refractivity contribution < 1.29 is 46.8 Å². The number of aromatic amines is 3. The summed E-state index contributed by atoms with van der Waals surface area (Å²) < 4.78 is 0. The van der Waals surface area contributed by atoms with E-state index in [9.17, 15) is 14.4 Å². The Hall–Kier alpha value is -4.79. The maximum atomic E-state index is 10.5. The Morgan fingerprint density at radius 1 is 0.459 bits per heavy atom. The number of hydrogen-bond donors (Lipinski definition) is 6. The summed E-state index contributed by atoms with van der Waals surface area (Å²) in [5.74, 6) is -2.77. The molecule has 6 N–H and O–H groups in total. The second-order valence-corrected chi connectivity index (χ2v) is 7.73. The van der Waals surface area contributed by atoms with Gasteiger partial charge in [-0.3, -0.25) is 0 Å². The average Bonchev–Trinajstić information content (AvgIpc) is 3.61. The molecule has 3 heterocycles. The van der Waals surface area contributed by atoms with E-state index in [0.717, 1.165) is 32.7 Å². The van der Waals surface area contributed by atoms with Gasteiger partial charge in [-0.25, -0.2) is 14.4 Å². The molecule has 0 atom stereocenters. The first-order valence-electron chi connectivity index (χ1n) is 10.7. The first-order valence-corrected chi connectivity index (χ1v) is 10.7. The molecule has 3 aromatic heterocycles. The minimum atomic E-state index is -0.925. The Kier molecular flexibility index (Phi) is 8.52. The van der Waals surface area contributed by atoms with Gasteiger partial charge in [-0.05, 0) is 36.4 Å². The van der Waals surface area contributed by atoms with Crippen molar-refractivity contribution in [2.75, 3.05) is 0 Å². The van der Waals surface area contributed by atoms with Crippen LogP contribution in [-0.4, -0.2) is 48.2 Å². The number of benzene rings is 3. The van der Waals surface area contributed by atoms with Crippen LogP contribution in [0.5, 0.6) is 0 Å². The largest absolute Gasteiger partial charge is 0.477 e. The Bertz CT molecular complexity index is 1400. The molecule has 0 bridgehead atoms. The number of carbonyl (C=O) groups is 3. The third-order valence-electron chi connectivity index (χ3n) is 5.28. The predicted octanol–water partition coefficient (Wildman–Crippen LogP) is 5.60. The van der Waals surface area contributed by atoms with Gasteiger partial charge in [0.05, 0.1) is 0 Å². The molecule has 0 spiro atoms. The van der Waals surface area contributed by atoms with Gasteiger partial charge >= 0.3 is 17.9 Å². The number of nitrogens with one attached hydrogen (secondary N) is 3. The number of hydrogen-bond acceptors (Lipinski definition) is 3. The molecule has 188 valence electrons. The fraction of sp³-hybridized carbons (Fsp3) is 0. The van der Waals surface area contributed by atoms with Crippen molar-refractivity contribution in [3.63, 3.8) is 0 Å². The van der Waals surface area contributed by atoms with E-state index in [2.05, 4.69) is 15.0 Å². The van der Waals surface area contributed by atoms with E-state index in [-0.39, 0.29) is 34.2 Å². The van der Waals surface area contributed by atoms with Crippen LogP contribution in [0.3, 0.4) is 0 Å². The molecule has 0 radical (unpaired) electrons. The van der Waals surface area contributed by atoms with E-state index in [0.29, 0.717) is 0 Å². The van der Waals surface area contributed by atoms with E-state index >= 15 is 0 Å². The number of aromatic carboxylic acids is 3. The normalized spacial score (nSPS) is 10.1. The average molecular weight is 539 g/mol. The molecule has 10 heteroatoms. The van der Waals surface area contributed by atoms with Gasteiger partial charge in [0.25, 0.3) is 0 Å². The second-order valence-electron chi connectivity index (χ2n) is 7.73. The Morgan fingerprint density at radius 3 is 0.919 bits per heavy atom. The molecule has 6 rings (SSSR count). The molecule has 0 aliphatic carbocycles. The number of aromatic nitrogens is 3. The molecule has 6 aromatic rings. The molecule has 9 nitrogen and oxygen atoms in total. The summed E-state index contributed by atoms with van der Waals surface area (Å²) in [4.78, 5) is 40.0. The number of carboxylic acid groups (broad SMARTS) is 3. The third-order valence-corrected chi connectivity index (χ3v) is 5.28. The van der Waals surface area contributed by atoms with Crippen molar-refractivity contribution in [3.05, 3.63) is 108 Å². The predicted molar refractivity (Wildman–Crippen MR) is 136 cm³/mol. The van der Waals surface area contributed by atoms with Crippen molar-refractivity contribution in [1.82, 2.24) is 15.0 Å². The quantitative estimate of drug-likeness (QED) is 0.161. The summed E-state index contributed by atoms with van der Waals surface area (Å²) in [6.07, 6.45) is 0. The van der Waals surface area contributed by atoms with Crippen LogP contribution in [-0.2, 0) is 17.1 Å². The number of carboxylic acids is 3. The molecule has 0 aliphatic heterocycles. The molecule has 0 fully saturated rings. The molecule has 0 unspecified atom stereocenters. The second kappa shape index (κ2) is 11.8. The van der Waals surface area contributed by atoms with E-state index in [4.69, 9.17) is 15.3 Å². The van der Waals surface area contributed by atoms with E-state index in [1.807, 2.05) is 72.8 Å². The Balaban J connectivity index is 0.000000152. The molecular formula is C27H21FeN3O6. The first-order chi connectivity index (χ1) is 17.3. The van der Waals surface area contributed by atoms with Gasteiger partial charge in [0, 0.05) is 49.8 Å². The van der Waals surface area contributed by atoms with Crippen molar-refractivity contribution in [2.24, 2.45) is 0 Å². The summed E-state index contributed by atoms with van der Waals surface area (Å²) in [6.45, 7) is 0. The summed E-state index contributed by atoms with van der Waals surface area (Å²) in [6, 6.07) is 27.3. The van der Waals surface area contributed by atoms with Crippen LogP contribution in [0.2, 0.25) is 0 Å².